The molecule has 1 N–H and O–H groups in total. The Hall–Kier alpha value is -1.87. The Kier molecular flexibility index (Phi) is 4.09. The van der Waals surface area contributed by atoms with Crippen molar-refractivity contribution in [2.75, 3.05) is 0 Å². The zero-order valence-corrected chi connectivity index (χ0v) is 12.0. The minimum atomic E-state index is -0.537. The minimum Gasteiger partial charge on any atom is -0.343 e. The summed E-state index contributed by atoms with van der Waals surface area (Å²) < 4.78 is 13.1. The molecule has 0 saturated carbocycles. The average molecular weight is 292 g/mol. The summed E-state index contributed by atoms with van der Waals surface area (Å²) in [5, 5.41) is 2.86. The van der Waals surface area contributed by atoms with Crippen molar-refractivity contribution in [1.29, 1.82) is 0 Å². The van der Waals surface area contributed by atoms with E-state index in [2.05, 4.69) is 5.32 Å². The number of halogens is 2. The average Bonchev–Trinajstić information content (AvgIpc) is 2.42. The van der Waals surface area contributed by atoms with E-state index < -0.39 is 11.4 Å². The normalized spacial score (nSPS) is 11.2. The molecule has 0 aromatic heterocycles. The van der Waals surface area contributed by atoms with E-state index in [0.717, 1.165) is 5.56 Å². The molecule has 0 unspecified atom stereocenters. The number of hydrogen-bond acceptors (Lipinski definition) is 1. The topological polar surface area (TPSA) is 29.1 Å². The molecule has 20 heavy (non-hydrogen) atoms. The Labute approximate surface area is 122 Å². The quantitative estimate of drug-likeness (QED) is 0.904. The lowest BCUT2D eigenvalue weighted by atomic mass is 9.94. The maximum absolute atomic E-state index is 13.1. The van der Waals surface area contributed by atoms with Crippen LogP contribution in [0, 0.1) is 5.82 Å². The molecule has 1 amide bonds. The molecule has 0 bridgehead atoms. The third-order valence-corrected chi connectivity index (χ3v) is 3.39. The van der Waals surface area contributed by atoms with Gasteiger partial charge in [0, 0.05) is 5.56 Å². The Bertz CT molecular complexity index is 626. The van der Waals surface area contributed by atoms with Crippen LogP contribution < -0.4 is 5.32 Å². The van der Waals surface area contributed by atoms with Crippen LogP contribution in [0.5, 0.6) is 0 Å². The van der Waals surface area contributed by atoms with Crippen molar-refractivity contribution in [3.05, 3.63) is 70.5 Å². The van der Waals surface area contributed by atoms with Crippen molar-refractivity contribution >= 4 is 17.5 Å². The van der Waals surface area contributed by atoms with E-state index in [4.69, 9.17) is 11.6 Å². The van der Waals surface area contributed by atoms with E-state index in [-0.39, 0.29) is 10.9 Å². The van der Waals surface area contributed by atoms with Gasteiger partial charge in [-0.1, -0.05) is 41.9 Å². The molecule has 2 rings (SSSR count). The van der Waals surface area contributed by atoms with E-state index in [1.165, 1.54) is 18.2 Å². The predicted octanol–water partition coefficient (Wildman–Crippen LogP) is 4.14. The third-order valence-electron chi connectivity index (χ3n) is 3.10. The van der Waals surface area contributed by atoms with Crippen LogP contribution in [0.4, 0.5) is 4.39 Å². The summed E-state index contributed by atoms with van der Waals surface area (Å²) in [6.45, 7) is 3.82. The van der Waals surface area contributed by atoms with E-state index in [1.54, 1.807) is 0 Å². The second kappa shape index (κ2) is 5.63. The van der Waals surface area contributed by atoms with Crippen LogP contribution in [-0.4, -0.2) is 5.91 Å². The van der Waals surface area contributed by atoms with Crippen molar-refractivity contribution in [3.8, 4) is 0 Å². The Balaban J connectivity index is 2.20. The summed E-state index contributed by atoms with van der Waals surface area (Å²) in [6, 6.07) is 13.6. The van der Waals surface area contributed by atoms with Gasteiger partial charge >= 0.3 is 0 Å². The maximum Gasteiger partial charge on any atom is 0.252 e. The largest absolute Gasteiger partial charge is 0.343 e. The molecule has 104 valence electrons. The molecule has 0 spiro atoms. The monoisotopic (exact) mass is 291 g/mol. The number of rotatable bonds is 3. The highest BCUT2D eigenvalue weighted by atomic mass is 35.5. The van der Waals surface area contributed by atoms with Crippen LogP contribution in [0.3, 0.4) is 0 Å². The zero-order chi connectivity index (χ0) is 14.8. The molecule has 0 fully saturated rings. The van der Waals surface area contributed by atoms with Crippen LogP contribution in [0.15, 0.2) is 48.5 Å². The smallest absolute Gasteiger partial charge is 0.252 e. The number of carbonyl (C=O) groups is 1. The lowest BCUT2D eigenvalue weighted by molar-refractivity contribution is 0.0912. The van der Waals surface area contributed by atoms with Crippen LogP contribution >= 0.6 is 11.6 Å². The SMILES string of the molecule is CC(C)(NC(=O)c1ccc(F)c(Cl)c1)c1ccccc1. The molecule has 0 atom stereocenters. The van der Waals surface area contributed by atoms with Crippen LogP contribution in [0.1, 0.15) is 29.8 Å². The highest BCUT2D eigenvalue weighted by Crippen LogP contribution is 2.21. The van der Waals surface area contributed by atoms with Gasteiger partial charge in [0.05, 0.1) is 10.6 Å². The highest BCUT2D eigenvalue weighted by molar-refractivity contribution is 6.31. The number of benzene rings is 2. The van der Waals surface area contributed by atoms with Crippen molar-refractivity contribution in [2.45, 2.75) is 19.4 Å². The Morgan fingerprint density at radius 3 is 2.40 bits per heavy atom. The first-order chi connectivity index (χ1) is 9.40. The van der Waals surface area contributed by atoms with Gasteiger partial charge in [0.2, 0.25) is 0 Å². The molecular weight excluding hydrogens is 277 g/mol. The second-order valence-electron chi connectivity index (χ2n) is 5.07. The second-order valence-corrected chi connectivity index (χ2v) is 5.48. The van der Waals surface area contributed by atoms with Gasteiger partial charge in [0.1, 0.15) is 5.82 Å². The van der Waals surface area contributed by atoms with E-state index in [0.29, 0.717) is 5.56 Å². The third kappa shape index (κ3) is 3.17. The molecule has 0 aliphatic rings. The van der Waals surface area contributed by atoms with E-state index in [9.17, 15) is 9.18 Å². The molecule has 2 aromatic carbocycles. The molecule has 2 aromatic rings. The molecule has 0 heterocycles. The number of hydrogen-bond donors (Lipinski definition) is 1. The molecule has 0 aliphatic carbocycles. The van der Waals surface area contributed by atoms with Crippen LogP contribution in [-0.2, 0) is 5.54 Å². The van der Waals surface area contributed by atoms with Crippen molar-refractivity contribution < 1.29 is 9.18 Å². The van der Waals surface area contributed by atoms with Crippen molar-refractivity contribution in [3.63, 3.8) is 0 Å². The summed E-state index contributed by atoms with van der Waals surface area (Å²) in [6.07, 6.45) is 0. The van der Waals surface area contributed by atoms with E-state index >= 15 is 0 Å². The minimum absolute atomic E-state index is 0.0600. The van der Waals surface area contributed by atoms with Gasteiger partial charge in [-0.15, -0.1) is 0 Å². The lowest BCUT2D eigenvalue weighted by Crippen LogP contribution is -2.40. The summed E-state index contributed by atoms with van der Waals surface area (Å²) in [5.41, 5.74) is 0.793. The predicted molar refractivity (Wildman–Crippen MR) is 78.3 cm³/mol. The zero-order valence-electron chi connectivity index (χ0n) is 11.3. The standard InChI is InChI=1S/C16H15ClFNO/c1-16(2,12-6-4-3-5-7-12)19-15(20)11-8-9-14(18)13(17)10-11/h3-10H,1-2H3,(H,19,20). The molecule has 2 nitrogen and oxygen atoms in total. The number of nitrogens with one attached hydrogen (secondary N) is 1. The van der Waals surface area contributed by atoms with Gasteiger partial charge in [0.25, 0.3) is 5.91 Å². The first-order valence-corrected chi connectivity index (χ1v) is 6.61. The summed E-state index contributed by atoms with van der Waals surface area (Å²) >= 11 is 5.69. The first kappa shape index (κ1) is 14.5. The van der Waals surface area contributed by atoms with Crippen LogP contribution in [0.25, 0.3) is 0 Å². The van der Waals surface area contributed by atoms with Gasteiger partial charge in [-0.3, -0.25) is 4.79 Å². The molecule has 0 aliphatic heterocycles. The van der Waals surface area contributed by atoms with Gasteiger partial charge < -0.3 is 5.32 Å². The molecule has 0 saturated heterocycles. The summed E-state index contributed by atoms with van der Waals surface area (Å²) in [5.74, 6) is -0.828. The fourth-order valence-electron chi connectivity index (χ4n) is 1.92. The number of carbonyl (C=O) groups excluding carboxylic acids is 1. The van der Waals surface area contributed by atoms with Crippen molar-refractivity contribution in [2.24, 2.45) is 0 Å². The summed E-state index contributed by atoms with van der Waals surface area (Å²) in [7, 11) is 0. The maximum atomic E-state index is 13.1. The van der Waals surface area contributed by atoms with Gasteiger partial charge in [0.15, 0.2) is 0 Å². The molecular formula is C16H15ClFNO. The Morgan fingerprint density at radius 2 is 1.80 bits per heavy atom. The number of amides is 1. The molecule has 0 radical (unpaired) electrons. The lowest BCUT2D eigenvalue weighted by Gasteiger charge is -2.27. The Morgan fingerprint density at radius 1 is 1.15 bits per heavy atom. The van der Waals surface area contributed by atoms with Gasteiger partial charge in [-0.05, 0) is 37.6 Å². The van der Waals surface area contributed by atoms with Gasteiger partial charge in [-0.25, -0.2) is 4.39 Å². The first-order valence-electron chi connectivity index (χ1n) is 6.23. The van der Waals surface area contributed by atoms with E-state index in [1.807, 2.05) is 44.2 Å². The van der Waals surface area contributed by atoms with Crippen molar-refractivity contribution in [1.82, 2.24) is 5.32 Å². The molecule has 4 heteroatoms. The fraction of sp³-hybridized carbons (Fsp3) is 0.188. The fourth-order valence-corrected chi connectivity index (χ4v) is 2.10. The summed E-state index contributed by atoms with van der Waals surface area (Å²) in [4.78, 5) is 12.2. The van der Waals surface area contributed by atoms with Crippen LogP contribution in [0.2, 0.25) is 5.02 Å². The highest BCUT2D eigenvalue weighted by Gasteiger charge is 2.23. The van der Waals surface area contributed by atoms with Gasteiger partial charge in [-0.2, -0.15) is 0 Å².